The van der Waals surface area contributed by atoms with Crippen LogP contribution in [-0.2, 0) is 23.0 Å². The van der Waals surface area contributed by atoms with E-state index in [9.17, 15) is 8.42 Å². The van der Waals surface area contributed by atoms with E-state index in [4.69, 9.17) is 0 Å². The van der Waals surface area contributed by atoms with Crippen LogP contribution in [0.2, 0.25) is 0 Å². The second kappa shape index (κ2) is 7.05. The third-order valence-electron chi connectivity index (χ3n) is 4.65. The van der Waals surface area contributed by atoms with Crippen molar-refractivity contribution in [2.75, 3.05) is 7.05 Å². The van der Waals surface area contributed by atoms with Crippen molar-refractivity contribution in [1.82, 2.24) is 10.0 Å². The molecule has 0 bridgehead atoms. The Labute approximate surface area is 144 Å². The maximum absolute atomic E-state index is 11.9. The first-order valence-corrected chi connectivity index (χ1v) is 9.83. The summed E-state index contributed by atoms with van der Waals surface area (Å²) in [6, 6.07) is 14.1. The van der Waals surface area contributed by atoms with Crippen LogP contribution >= 0.6 is 0 Å². The highest BCUT2D eigenvalue weighted by atomic mass is 32.2. The van der Waals surface area contributed by atoms with Gasteiger partial charge in [-0.15, -0.1) is 0 Å². The van der Waals surface area contributed by atoms with Gasteiger partial charge in [-0.25, -0.2) is 13.1 Å². The van der Waals surface area contributed by atoms with E-state index >= 15 is 0 Å². The lowest BCUT2D eigenvalue weighted by Gasteiger charge is -2.27. The number of sulfonamides is 1. The van der Waals surface area contributed by atoms with E-state index in [1.165, 1.54) is 30.2 Å². The first kappa shape index (κ1) is 17.1. The second-order valence-corrected chi connectivity index (χ2v) is 8.27. The summed E-state index contributed by atoms with van der Waals surface area (Å²) in [4.78, 5) is 0.309. The minimum atomic E-state index is -3.40. The predicted octanol–water partition coefficient (Wildman–Crippen LogP) is 3.07. The zero-order chi connectivity index (χ0) is 17.2. The number of benzene rings is 2. The Morgan fingerprint density at radius 3 is 2.79 bits per heavy atom. The fourth-order valence-corrected chi connectivity index (χ4v) is 4.11. The first-order valence-electron chi connectivity index (χ1n) is 8.35. The topological polar surface area (TPSA) is 58.2 Å². The first-order chi connectivity index (χ1) is 11.5. The Hall–Kier alpha value is -1.69. The molecule has 0 heterocycles. The van der Waals surface area contributed by atoms with Crippen LogP contribution in [0.1, 0.15) is 41.1 Å². The minimum Gasteiger partial charge on any atom is -0.306 e. The third-order valence-corrected chi connectivity index (χ3v) is 6.06. The Morgan fingerprint density at radius 2 is 2.00 bits per heavy atom. The lowest BCUT2D eigenvalue weighted by molar-refractivity contribution is 0.458. The molecule has 0 fully saturated rings. The van der Waals surface area contributed by atoms with Crippen molar-refractivity contribution in [3.63, 3.8) is 0 Å². The number of rotatable bonds is 5. The van der Waals surface area contributed by atoms with Crippen molar-refractivity contribution in [3.05, 3.63) is 64.7 Å². The van der Waals surface area contributed by atoms with E-state index in [1.54, 1.807) is 18.2 Å². The number of aryl methyl sites for hydroxylation is 2. The molecule has 1 aliphatic carbocycles. The van der Waals surface area contributed by atoms with E-state index < -0.39 is 10.0 Å². The quantitative estimate of drug-likeness (QED) is 0.876. The van der Waals surface area contributed by atoms with Crippen molar-refractivity contribution < 1.29 is 8.42 Å². The molecule has 2 N–H and O–H groups in total. The van der Waals surface area contributed by atoms with Gasteiger partial charge in [-0.3, -0.25) is 0 Å². The van der Waals surface area contributed by atoms with Gasteiger partial charge >= 0.3 is 0 Å². The van der Waals surface area contributed by atoms with Crippen LogP contribution in [0, 0.1) is 6.92 Å². The average molecular weight is 344 g/mol. The van der Waals surface area contributed by atoms with Gasteiger partial charge in [0.05, 0.1) is 4.90 Å². The SMILES string of the molecule is CNS(=O)(=O)c1cccc(CNC2CCCc3ccc(C)cc32)c1. The molecule has 5 heteroatoms. The average Bonchev–Trinajstić information content (AvgIpc) is 2.60. The Balaban J connectivity index is 1.76. The lowest BCUT2D eigenvalue weighted by Crippen LogP contribution is -2.25. The highest BCUT2D eigenvalue weighted by Gasteiger charge is 2.20. The molecule has 0 saturated carbocycles. The van der Waals surface area contributed by atoms with E-state index in [1.807, 2.05) is 6.07 Å². The van der Waals surface area contributed by atoms with Gasteiger partial charge in [0.1, 0.15) is 0 Å². The fourth-order valence-electron chi connectivity index (χ4n) is 3.31. The van der Waals surface area contributed by atoms with Crippen molar-refractivity contribution in [1.29, 1.82) is 0 Å². The predicted molar refractivity (Wildman–Crippen MR) is 96.4 cm³/mol. The molecule has 128 valence electrons. The van der Waals surface area contributed by atoms with Gasteiger partial charge in [-0.05, 0) is 62.1 Å². The van der Waals surface area contributed by atoms with E-state index in [0.717, 1.165) is 18.4 Å². The summed E-state index contributed by atoms with van der Waals surface area (Å²) in [5.74, 6) is 0. The summed E-state index contributed by atoms with van der Waals surface area (Å²) >= 11 is 0. The minimum absolute atomic E-state index is 0.309. The van der Waals surface area contributed by atoms with Crippen molar-refractivity contribution in [2.24, 2.45) is 0 Å². The third kappa shape index (κ3) is 3.69. The van der Waals surface area contributed by atoms with Crippen LogP contribution < -0.4 is 10.0 Å². The van der Waals surface area contributed by atoms with Gasteiger partial charge in [0.15, 0.2) is 0 Å². The molecule has 1 aliphatic rings. The van der Waals surface area contributed by atoms with Crippen molar-refractivity contribution in [3.8, 4) is 0 Å². The zero-order valence-corrected chi connectivity index (χ0v) is 15.0. The van der Waals surface area contributed by atoms with E-state index in [0.29, 0.717) is 17.5 Å². The lowest BCUT2D eigenvalue weighted by atomic mass is 9.86. The van der Waals surface area contributed by atoms with Crippen molar-refractivity contribution in [2.45, 2.75) is 43.7 Å². The summed E-state index contributed by atoms with van der Waals surface area (Å²) in [7, 11) is -1.96. The molecule has 0 spiro atoms. The molecule has 1 atom stereocenters. The van der Waals surface area contributed by atoms with Crippen LogP contribution in [0.25, 0.3) is 0 Å². The molecule has 0 radical (unpaired) electrons. The number of hydrogen-bond acceptors (Lipinski definition) is 3. The number of hydrogen-bond donors (Lipinski definition) is 2. The summed E-state index contributed by atoms with van der Waals surface area (Å²) in [6.45, 7) is 2.78. The molecule has 0 amide bonds. The van der Waals surface area contributed by atoms with E-state index in [2.05, 4.69) is 35.2 Å². The summed E-state index contributed by atoms with van der Waals surface area (Å²) in [5.41, 5.74) is 5.08. The molecular formula is C19H24N2O2S. The second-order valence-electron chi connectivity index (χ2n) is 6.38. The number of nitrogens with one attached hydrogen (secondary N) is 2. The Morgan fingerprint density at radius 1 is 1.17 bits per heavy atom. The Bertz CT molecular complexity index is 831. The van der Waals surface area contributed by atoms with Crippen LogP contribution in [0.15, 0.2) is 47.4 Å². The van der Waals surface area contributed by atoms with Crippen LogP contribution in [0.4, 0.5) is 0 Å². The van der Waals surface area contributed by atoms with Gasteiger partial charge in [0.2, 0.25) is 10.0 Å². The molecule has 1 unspecified atom stereocenters. The van der Waals surface area contributed by atoms with Gasteiger partial charge < -0.3 is 5.32 Å². The molecular weight excluding hydrogens is 320 g/mol. The zero-order valence-electron chi connectivity index (χ0n) is 14.2. The molecule has 0 aliphatic heterocycles. The van der Waals surface area contributed by atoms with Gasteiger partial charge in [-0.2, -0.15) is 0 Å². The standard InChI is InChI=1S/C19H24N2O2S/c1-14-9-10-16-6-4-8-19(18(16)11-14)21-13-15-5-3-7-17(12-15)24(22,23)20-2/h3,5,7,9-12,19-21H,4,6,8,13H2,1-2H3. The number of fused-ring (bicyclic) bond motifs is 1. The largest absolute Gasteiger partial charge is 0.306 e. The summed E-state index contributed by atoms with van der Waals surface area (Å²) in [6.07, 6.45) is 3.44. The molecule has 3 rings (SSSR count). The highest BCUT2D eigenvalue weighted by molar-refractivity contribution is 7.89. The molecule has 0 aromatic heterocycles. The molecule has 2 aromatic rings. The van der Waals surface area contributed by atoms with Crippen molar-refractivity contribution >= 4 is 10.0 Å². The molecule has 4 nitrogen and oxygen atoms in total. The molecule has 24 heavy (non-hydrogen) atoms. The van der Waals surface area contributed by atoms with Crippen LogP contribution in [0.5, 0.6) is 0 Å². The molecule has 2 aromatic carbocycles. The van der Waals surface area contributed by atoms with Gasteiger partial charge in [0, 0.05) is 12.6 Å². The van der Waals surface area contributed by atoms with Crippen LogP contribution in [-0.4, -0.2) is 15.5 Å². The van der Waals surface area contributed by atoms with Gasteiger partial charge in [0.25, 0.3) is 0 Å². The fraction of sp³-hybridized carbons (Fsp3) is 0.368. The maximum atomic E-state index is 11.9. The smallest absolute Gasteiger partial charge is 0.240 e. The summed E-state index contributed by atoms with van der Waals surface area (Å²) < 4.78 is 26.2. The maximum Gasteiger partial charge on any atom is 0.240 e. The molecule has 0 saturated heterocycles. The highest BCUT2D eigenvalue weighted by Crippen LogP contribution is 2.30. The Kier molecular flexibility index (Phi) is 5.04. The monoisotopic (exact) mass is 344 g/mol. The normalized spacial score (nSPS) is 17.5. The van der Waals surface area contributed by atoms with Crippen LogP contribution in [0.3, 0.4) is 0 Å². The summed E-state index contributed by atoms with van der Waals surface area (Å²) in [5, 5.41) is 3.60. The van der Waals surface area contributed by atoms with Gasteiger partial charge in [-0.1, -0.05) is 35.9 Å². The van der Waals surface area contributed by atoms with E-state index in [-0.39, 0.29) is 0 Å².